The fraction of sp³-hybridized carbons (Fsp3) is 0.421. The number of pyridine rings is 1. The molecular weight excluding hydrogens is 622 g/mol. The topological polar surface area (TPSA) is 105 Å². The highest BCUT2D eigenvalue weighted by Gasteiger charge is 2.45. The number of hydrogen-bond donors (Lipinski definition) is 0. The summed E-state index contributed by atoms with van der Waals surface area (Å²) in [5.74, 6) is 0.656. The normalized spacial score (nSPS) is 16.9. The first kappa shape index (κ1) is 35.4. The fourth-order valence-electron chi connectivity index (χ4n) is 6.02. The maximum Gasteiger partial charge on any atom is 0.244 e. The molecule has 2 aliphatic rings. The summed E-state index contributed by atoms with van der Waals surface area (Å²) in [4.78, 5) is 50.8. The van der Waals surface area contributed by atoms with Crippen LogP contribution in [-0.4, -0.2) is 85.7 Å². The lowest BCUT2D eigenvalue weighted by Crippen LogP contribution is -2.47. The minimum Gasteiger partial charge on any atom is -0.493 e. The molecule has 5 rings (SSSR count). The molecule has 0 bridgehead atoms. The Morgan fingerprint density at radius 3 is 2.45 bits per heavy atom. The molecule has 1 atom stereocenters. The van der Waals surface area contributed by atoms with E-state index >= 15 is 0 Å². The van der Waals surface area contributed by atoms with E-state index in [0.717, 1.165) is 24.1 Å². The van der Waals surface area contributed by atoms with Crippen LogP contribution in [0.3, 0.4) is 0 Å². The van der Waals surface area contributed by atoms with Gasteiger partial charge in [0.15, 0.2) is 0 Å². The first-order valence-electron chi connectivity index (χ1n) is 16.8. The highest BCUT2D eigenvalue weighted by atomic mass is 16.7. The summed E-state index contributed by atoms with van der Waals surface area (Å²) in [6.07, 6.45) is 6.18. The average molecular weight is 670 g/mol. The fourth-order valence-corrected chi connectivity index (χ4v) is 6.02. The summed E-state index contributed by atoms with van der Waals surface area (Å²) >= 11 is 0. The largest absolute Gasteiger partial charge is 0.493 e. The molecule has 0 radical (unpaired) electrons. The highest BCUT2D eigenvalue weighted by molar-refractivity contribution is 6.20. The predicted octanol–water partition coefficient (Wildman–Crippen LogP) is 5.01. The van der Waals surface area contributed by atoms with Crippen LogP contribution < -0.4 is 14.5 Å². The maximum atomic E-state index is 13.2. The minimum absolute atomic E-state index is 0.0409. The quantitative estimate of drug-likeness (QED) is 0.164. The molecule has 0 saturated heterocycles. The summed E-state index contributed by atoms with van der Waals surface area (Å²) in [6, 6.07) is 19.5. The van der Waals surface area contributed by atoms with Gasteiger partial charge in [-0.15, -0.1) is 0 Å². The lowest BCUT2D eigenvalue weighted by atomic mass is 9.90. The van der Waals surface area contributed by atoms with Crippen LogP contribution in [0.5, 0.6) is 5.75 Å². The molecule has 49 heavy (non-hydrogen) atoms. The van der Waals surface area contributed by atoms with Gasteiger partial charge in [0.2, 0.25) is 24.0 Å². The van der Waals surface area contributed by atoms with Crippen molar-refractivity contribution in [3.05, 3.63) is 96.2 Å². The van der Waals surface area contributed by atoms with E-state index in [9.17, 15) is 14.4 Å². The van der Waals surface area contributed by atoms with Crippen LogP contribution in [0.2, 0.25) is 0 Å². The molecule has 1 aromatic heterocycles. The van der Waals surface area contributed by atoms with Gasteiger partial charge in [0.1, 0.15) is 23.2 Å². The molecule has 0 aliphatic carbocycles. The number of anilines is 2. The third kappa shape index (κ3) is 8.77. The molecule has 0 saturated carbocycles. The second-order valence-electron chi connectivity index (χ2n) is 13.0. The van der Waals surface area contributed by atoms with Crippen LogP contribution in [-0.2, 0) is 36.8 Å². The van der Waals surface area contributed by atoms with Crippen LogP contribution in [0, 0.1) is 5.41 Å². The van der Waals surface area contributed by atoms with Crippen molar-refractivity contribution in [2.45, 2.75) is 52.9 Å². The second-order valence-corrected chi connectivity index (χ2v) is 13.0. The Morgan fingerprint density at radius 1 is 0.959 bits per heavy atom. The van der Waals surface area contributed by atoms with E-state index < -0.39 is 11.7 Å². The third-order valence-corrected chi connectivity index (χ3v) is 8.96. The SMILES string of the molecule is CCN1C(=O)C(C)(C)C(=O)N(C)c2cc(OCCCN(CCN(C)C(=O)CC3=COC(Cc4ccccc4)O3)Cc3ccncc3)ccc21. The van der Waals surface area contributed by atoms with Gasteiger partial charge in [-0.25, -0.2) is 0 Å². The van der Waals surface area contributed by atoms with E-state index in [0.29, 0.717) is 62.1 Å². The summed E-state index contributed by atoms with van der Waals surface area (Å²) in [5, 5.41) is 0. The zero-order chi connectivity index (χ0) is 35.0. The third-order valence-electron chi connectivity index (χ3n) is 8.96. The van der Waals surface area contributed by atoms with Crippen molar-refractivity contribution in [3.63, 3.8) is 0 Å². The van der Waals surface area contributed by atoms with Crippen molar-refractivity contribution in [1.82, 2.24) is 14.8 Å². The van der Waals surface area contributed by atoms with Crippen LogP contribution in [0.25, 0.3) is 0 Å². The van der Waals surface area contributed by atoms with Crippen LogP contribution in [0.15, 0.2) is 85.1 Å². The van der Waals surface area contributed by atoms with Gasteiger partial charge in [-0.2, -0.15) is 0 Å². The average Bonchev–Trinajstić information content (AvgIpc) is 3.53. The summed E-state index contributed by atoms with van der Waals surface area (Å²) in [7, 11) is 3.51. The lowest BCUT2D eigenvalue weighted by molar-refractivity contribution is -0.137. The first-order chi connectivity index (χ1) is 23.6. The van der Waals surface area contributed by atoms with Gasteiger partial charge in [0.05, 0.1) is 24.4 Å². The molecule has 1 unspecified atom stereocenters. The molecule has 0 N–H and O–H groups in total. The monoisotopic (exact) mass is 669 g/mol. The Hall–Kier alpha value is -4.90. The standard InChI is InChI=1S/C38H47N5O6/c1-6-43-32-14-13-30(24-33(32)41(5)36(45)38(2,3)37(43)46)47-22-10-19-42(26-29-15-17-39-18-16-29)21-20-40(4)34(44)25-31-27-48-35(49-31)23-28-11-8-7-9-12-28/h7-9,11-18,24,27,35H,6,10,19-23,25-26H2,1-5H3. The van der Waals surface area contributed by atoms with E-state index in [1.54, 1.807) is 54.3 Å². The number of likely N-dealkylation sites (N-methyl/N-ethyl adjacent to an activating group) is 1. The number of nitrogens with zero attached hydrogens (tertiary/aromatic N) is 5. The number of aromatic nitrogens is 1. The van der Waals surface area contributed by atoms with Crippen molar-refractivity contribution in [2.75, 3.05) is 56.7 Å². The molecule has 3 heterocycles. The van der Waals surface area contributed by atoms with E-state index in [2.05, 4.69) is 9.88 Å². The van der Waals surface area contributed by atoms with Crippen molar-refractivity contribution < 1.29 is 28.6 Å². The predicted molar refractivity (Wildman–Crippen MR) is 188 cm³/mol. The molecule has 3 amide bonds. The maximum absolute atomic E-state index is 13.2. The minimum atomic E-state index is -1.16. The first-order valence-corrected chi connectivity index (χ1v) is 16.8. The smallest absolute Gasteiger partial charge is 0.244 e. The van der Waals surface area contributed by atoms with Crippen LogP contribution in [0.4, 0.5) is 11.4 Å². The summed E-state index contributed by atoms with van der Waals surface area (Å²) < 4.78 is 17.7. The Labute approximate surface area is 289 Å². The molecule has 11 heteroatoms. The number of ether oxygens (including phenoxy) is 3. The van der Waals surface area contributed by atoms with Crippen molar-refractivity contribution in [1.29, 1.82) is 0 Å². The Morgan fingerprint density at radius 2 is 1.71 bits per heavy atom. The number of hydrogen-bond acceptors (Lipinski definition) is 8. The Kier molecular flexibility index (Phi) is 11.6. The lowest BCUT2D eigenvalue weighted by Gasteiger charge is -2.27. The number of benzene rings is 2. The zero-order valence-corrected chi connectivity index (χ0v) is 29.1. The van der Waals surface area contributed by atoms with Gasteiger partial charge in [-0.3, -0.25) is 24.3 Å². The van der Waals surface area contributed by atoms with E-state index in [1.807, 2.05) is 74.6 Å². The molecular formula is C38H47N5O6. The van der Waals surface area contributed by atoms with Gasteiger partial charge in [-0.1, -0.05) is 30.3 Å². The van der Waals surface area contributed by atoms with E-state index in [-0.39, 0.29) is 24.1 Å². The second kappa shape index (κ2) is 16.0. The molecule has 3 aromatic rings. The molecule has 2 aromatic carbocycles. The van der Waals surface area contributed by atoms with E-state index in [1.165, 1.54) is 0 Å². The van der Waals surface area contributed by atoms with Crippen molar-refractivity contribution in [3.8, 4) is 5.75 Å². The molecule has 0 spiro atoms. The van der Waals surface area contributed by atoms with Crippen LogP contribution >= 0.6 is 0 Å². The van der Waals surface area contributed by atoms with Gasteiger partial charge in [0, 0.05) is 71.7 Å². The summed E-state index contributed by atoms with van der Waals surface area (Å²) in [5.41, 5.74) is 2.42. The Bertz CT molecular complexity index is 1630. The number of carbonyl (C=O) groups is 3. The zero-order valence-electron chi connectivity index (χ0n) is 29.1. The Balaban J connectivity index is 1.13. The van der Waals surface area contributed by atoms with Gasteiger partial charge in [-0.05, 0) is 62.6 Å². The number of amides is 3. The molecule has 0 fully saturated rings. The molecule has 2 aliphatic heterocycles. The number of carbonyl (C=O) groups excluding carboxylic acids is 3. The molecule has 260 valence electrons. The number of fused-ring (bicyclic) bond motifs is 1. The van der Waals surface area contributed by atoms with Crippen molar-refractivity contribution >= 4 is 29.1 Å². The molecule has 11 nitrogen and oxygen atoms in total. The number of rotatable bonds is 15. The van der Waals surface area contributed by atoms with Gasteiger partial charge >= 0.3 is 0 Å². The van der Waals surface area contributed by atoms with Gasteiger partial charge in [0.25, 0.3) is 0 Å². The van der Waals surface area contributed by atoms with Crippen molar-refractivity contribution in [2.24, 2.45) is 5.41 Å². The van der Waals surface area contributed by atoms with Gasteiger partial charge < -0.3 is 28.9 Å². The van der Waals surface area contributed by atoms with E-state index in [4.69, 9.17) is 14.2 Å². The van der Waals surface area contributed by atoms with Crippen LogP contribution in [0.1, 0.15) is 44.7 Å². The highest BCUT2D eigenvalue weighted by Crippen LogP contribution is 2.40. The summed E-state index contributed by atoms with van der Waals surface area (Å²) in [6.45, 7) is 8.81.